The third-order valence-corrected chi connectivity index (χ3v) is 5.97. The number of benzene rings is 1. The lowest BCUT2D eigenvalue weighted by atomic mass is 9.92. The van der Waals surface area contributed by atoms with Crippen LogP contribution in [0.25, 0.3) is 0 Å². The summed E-state index contributed by atoms with van der Waals surface area (Å²) in [6.45, 7) is 10.6. The molecular formula is C28H41N3O5. The average molecular weight is 500 g/mol. The lowest BCUT2D eigenvalue weighted by molar-refractivity contribution is -0.0112. The van der Waals surface area contributed by atoms with Crippen molar-refractivity contribution in [2.45, 2.75) is 77.5 Å². The van der Waals surface area contributed by atoms with Crippen LogP contribution >= 0.6 is 0 Å². The van der Waals surface area contributed by atoms with Crippen molar-refractivity contribution in [1.82, 2.24) is 10.2 Å². The second kappa shape index (κ2) is 15.8. The normalized spacial score (nSPS) is 14.1. The molecule has 0 saturated carbocycles. The smallest absolute Gasteiger partial charge is 0.253 e. The highest BCUT2D eigenvalue weighted by atomic mass is 16.3. The second-order valence-electron chi connectivity index (χ2n) is 9.14. The summed E-state index contributed by atoms with van der Waals surface area (Å²) in [5.41, 5.74) is 5.76. The van der Waals surface area contributed by atoms with Crippen molar-refractivity contribution in [2.75, 3.05) is 13.1 Å². The molecule has 3 amide bonds. The van der Waals surface area contributed by atoms with Gasteiger partial charge in [0.2, 0.25) is 5.91 Å². The molecule has 36 heavy (non-hydrogen) atoms. The number of primary amides is 1. The number of nitrogens with two attached hydrogens (primary N) is 1. The SMILES string of the molecule is C#CCCCC(O)C(O)C(CC(C)C=C)NC(=O)c1cc(C(N)=O)cc(C(=O)N(CCC)CCC)c1. The Bertz CT molecular complexity index is 934. The van der Waals surface area contributed by atoms with E-state index in [0.29, 0.717) is 32.4 Å². The molecule has 1 rings (SSSR count). The lowest BCUT2D eigenvalue weighted by Crippen LogP contribution is -2.49. The summed E-state index contributed by atoms with van der Waals surface area (Å²) >= 11 is 0. The molecule has 5 N–H and O–H groups in total. The van der Waals surface area contributed by atoms with Gasteiger partial charge in [0.25, 0.3) is 11.8 Å². The quantitative estimate of drug-likeness (QED) is 0.158. The van der Waals surface area contributed by atoms with Crippen LogP contribution in [-0.2, 0) is 0 Å². The Morgan fingerprint density at radius 3 is 2.25 bits per heavy atom. The van der Waals surface area contributed by atoms with Gasteiger partial charge in [0.15, 0.2) is 0 Å². The van der Waals surface area contributed by atoms with E-state index in [1.165, 1.54) is 18.2 Å². The predicted octanol–water partition coefficient (Wildman–Crippen LogP) is 2.88. The fourth-order valence-electron chi connectivity index (χ4n) is 3.95. The number of hydrogen-bond donors (Lipinski definition) is 4. The molecule has 0 radical (unpaired) electrons. The number of carbonyl (C=O) groups excluding carboxylic acids is 3. The Balaban J connectivity index is 3.28. The number of aliphatic hydroxyl groups is 2. The Hall–Kier alpha value is -3.15. The number of rotatable bonds is 16. The largest absolute Gasteiger partial charge is 0.390 e. The zero-order valence-electron chi connectivity index (χ0n) is 21.7. The molecule has 198 valence electrons. The number of allylic oxidation sites excluding steroid dienone is 1. The number of aliphatic hydroxyl groups excluding tert-OH is 2. The zero-order chi connectivity index (χ0) is 27.3. The van der Waals surface area contributed by atoms with Gasteiger partial charge < -0.3 is 26.2 Å². The van der Waals surface area contributed by atoms with E-state index in [-0.39, 0.29) is 34.9 Å². The van der Waals surface area contributed by atoms with E-state index < -0.39 is 30.1 Å². The third-order valence-electron chi connectivity index (χ3n) is 5.97. The van der Waals surface area contributed by atoms with Crippen LogP contribution in [0.3, 0.4) is 0 Å². The van der Waals surface area contributed by atoms with Crippen LogP contribution in [0.1, 0.15) is 90.4 Å². The van der Waals surface area contributed by atoms with Crippen molar-refractivity contribution in [3.8, 4) is 12.3 Å². The summed E-state index contributed by atoms with van der Waals surface area (Å²) in [7, 11) is 0. The maximum absolute atomic E-state index is 13.3. The van der Waals surface area contributed by atoms with E-state index in [0.717, 1.165) is 12.8 Å². The Kier molecular flexibility index (Phi) is 13.5. The molecule has 1 aromatic carbocycles. The van der Waals surface area contributed by atoms with Crippen LogP contribution < -0.4 is 11.1 Å². The Morgan fingerprint density at radius 1 is 1.14 bits per heavy atom. The minimum absolute atomic E-state index is 0.0322. The van der Waals surface area contributed by atoms with Crippen molar-refractivity contribution in [3.63, 3.8) is 0 Å². The first-order chi connectivity index (χ1) is 17.1. The van der Waals surface area contributed by atoms with E-state index in [1.807, 2.05) is 20.8 Å². The van der Waals surface area contributed by atoms with E-state index in [2.05, 4.69) is 17.8 Å². The molecule has 0 aromatic heterocycles. The average Bonchev–Trinajstić information content (AvgIpc) is 2.86. The number of hydrogen-bond acceptors (Lipinski definition) is 5. The van der Waals surface area contributed by atoms with Crippen molar-refractivity contribution >= 4 is 17.7 Å². The highest BCUT2D eigenvalue weighted by molar-refractivity contribution is 6.04. The fraction of sp³-hybridized carbons (Fsp3) is 0.536. The summed E-state index contributed by atoms with van der Waals surface area (Å²) in [6.07, 6.45) is 7.74. The first-order valence-corrected chi connectivity index (χ1v) is 12.6. The van der Waals surface area contributed by atoms with Gasteiger partial charge in [-0.05, 0) is 56.2 Å². The second-order valence-corrected chi connectivity index (χ2v) is 9.14. The number of carbonyl (C=O) groups is 3. The first kappa shape index (κ1) is 30.9. The maximum atomic E-state index is 13.3. The molecule has 0 heterocycles. The van der Waals surface area contributed by atoms with E-state index in [1.54, 1.807) is 11.0 Å². The molecule has 0 spiro atoms. The molecule has 4 atom stereocenters. The van der Waals surface area contributed by atoms with Crippen LogP contribution in [0.15, 0.2) is 30.9 Å². The summed E-state index contributed by atoms with van der Waals surface area (Å²) < 4.78 is 0. The molecule has 8 nitrogen and oxygen atoms in total. The van der Waals surface area contributed by atoms with E-state index in [4.69, 9.17) is 12.2 Å². The monoisotopic (exact) mass is 499 g/mol. The van der Waals surface area contributed by atoms with Gasteiger partial charge in [0.1, 0.15) is 6.10 Å². The van der Waals surface area contributed by atoms with Crippen LogP contribution in [-0.4, -0.2) is 64.2 Å². The van der Waals surface area contributed by atoms with Gasteiger partial charge >= 0.3 is 0 Å². The minimum atomic E-state index is -1.25. The number of amides is 3. The van der Waals surface area contributed by atoms with Crippen molar-refractivity contribution < 1.29 is 24.6 Å². The topological polar surface area (TPSA) is 133 Å². The molecule has 0 bridgehead atoms. The van der Waals surface area contributed by atoms with Gasteiger partial charge in [-0.25, -0.2) is 0 Å². The van der Waals surface area contributed by atoms with E-state index >= 15 is 0 Å². The summed E-state index contributed by atoms with van der Waals surface area (Å²) in [6, 6.07) is 3.33. The van der Waals surface area contributed by atoms with Gasteiger partial charge in [-0.2, -0.15) is 0 Å². The summed E-state index contributed by atoms with van der Waals surface area (Å²) in [5, 5.41) is 24.0. The standard InChI is InChI=1S/C28H41N3O5/c1-6-10-11-12-24(32)25(33)23(15-19(5)9-4)30-27(35)21-16-20(26(29)34)17-22(18-21)28(36)31(13-7-2)14-8-3/h1,9,16-19,23-25,32-33H,4,7-8,10-15H2,2-3,5H3,(H2,29,34)(H,30,35). The van der Waals surface area contributed by atoms with Crippen molar-refractivity contribution in [1.29, 1.82) is 0 Å². The first-order valence-electron chi connectivity index (χ1n) is 12.6. The van der Waals surface area contributed by atoms with Gasteiger partial charge in [-0.15, -0.1) is 18.9 Å². The van der Waals surface area contributed by atoms with E-state index in [9.17, 15) is 24.6 Å². The predicted molar refractivity (Wildman–Crippen MR) is 141 cm³/mol. The number of terminal acetylenes is 1. The third kappa shape index (κ3) is 9.48. The van der Waals surface area contributed by atoms with Gasteiger partial charge in [0, 0.05) is 36.2 Å². The number of unbranched alkanes of at least 4 members (excludes halogenated alkanes) is 1. The van der Waals surface area contributed by atoms with Gasteiger partial charge in [-0.3, -0.25) is 14.4 Å². The molecule has 1 aromatic rings. The minimum Gasteiger partial charge on any atom is -0.390 e. The van der Waals surface area contributed by atoms with Crippen LogP contribution in [0.2, 0.25) is 0 Å². The molecule has 0 aliphatic carbocycles. The van der Waals surface area contributed by atoms with Gasteiger partial charge in [0.05, 0.1) is 12.1 Å². The van der Waals surface area contributed by atoms with Crippen molar-refractivity contribution in [3.05, 3.63) is 47.5 Å². The Labute approximate surface area is 214 Å². The molecule has 0 aliphatic heterocycles. The molecule has 4 unspecified atom stereocenters. The van der Waals surface area contributed by atoms with Crippen molar-refractivity contribution in [2.24, 2.45) is 11.7 Å². The molecule has 8 heteroatoms. The number of nitrogens with zero attached hydrogens (tertiary/aromatic N) is 1. The fourth-order valence-corrected chi connectivity index (χ4v) is 3.95. The van der Waals surface area contributed by atoms with Gasteiger partial charge in [-0.1, -0.05) is 26.8 Å². The molecule has 0 saturated heterocycles. The molecule has 0 aliphatic rings. The molecular weight excluding hydrogens is 458 g/mol. The lowest BCUT2D eigenvalue weighted by Gasteiger charge is -2.29. The summed E-state index contributed by atoms with van der Waals surface area (Å²) in [4.78, 5) is 40.0. The van der Waals surface area contributed by atoms with Crippen LogP contribution in [0.5, 0.6) is 0 Å². The highest BCUT2D eigenvalue weighted by Crippen LogP contribution is 2.18. The van der Waals surface area contributed by atoms with Crippen LogP contribution in [0.4, 0.5) is 0 Å². The highest BCUT2D eigenvalue weighted by Gasteiger charge is 2.29. The zero-order valence-corrected chi connectivity index (χ0v) is 21.7. The van der Waals surface area contributed by atoms with Crippen LogP contribution in [0, 0.1) is 18.3 Å². The Morgan fingerprint density at radius 2 is 1.72 bits per heavy atom. The number of nitrogens with one attached hydrogen (secondary N) is 1. The maximum Gasteiger partial charge on any atom is 0.253 e. The molecule has 0 fully saturated rings. The summed E-state index contributed by atoms with van der Waals surface area (Å²) in [5.74, 6) is 0.775.